The molecule has 0 aromatic carbocycles. The average Bonchev–Trinajstić information content (AvgIpc) is 3.16. The fraction of sp³-hybridized carbons (Fsp3) is 0.667. The molecule has 2 heteroatoms. The Kier molecular flexibility index (Phi) is 4.55. The lowest BCUT2D eigenvalue weighted by Crippen LogP contribution is -2.32. The number of rotatable bonds is 7. The van der Waals surface area contributed by atoms with Crippen LogP contribution in [0.1, 0.15) is 43.9 Å². The Balaban J connectivity index is 1.80. The minimum absolute atomic E-state index is 0.733. The number of pyridine rings is 1. The van der Waals surface area contributed by atoms with E-state index in [0.29, 0.717) is 0 Å². The van der Waals surface area contributed by atoms with E-state index in [-0.39, 0.29) is 0 Å². The van der Waals surface area contributed by atoms with Gasteiger partial charge in [-0.3, -0.25) is 4.98 Å². The van der Waals surface area contributed by atoms with Crippen molar-refractivity contribution < 1.29 is 0 Å². The molecule has 1 N–H and O–H groups in total. The fourth-order valence-electron chi connectivity index (χ4n) is 2.30. The second kappa shape index (κ2) is 6.15. The lowest BCUT2D eigenvalue weighted by molar-refractivity contribution is 0.435. The van der Waals surface area contributed by atoms with E-state index < -0.39 is 0 Å². The van der Waals surface area contributed by atoms with Crippen molar-refractivity contribution in [3.8, 4) is 0 Å². The van der Waals surface area contributed by atoms with Crippen LogP contribution in [0.2, 0.25) is 0 Å². The van der Waals surface area contributed by atoms with Gasteiger partial charge in [-0.15, -0.1) is 0 Å². The molecule has 1 heterocycles. The Morgan fingerprint density at radius 1 is 1.41 bits per heavy atom. The van der Waals surface area contributed by atoms with Crippen molar-refractivity contribution in [2.24, 2.45) is 5.92 Å². The van der Waals surface area contributed by atoms with Crippen molar-refractivity contribution in [1.29, 1.82) is 0 Å². The van der Waals surface area contributed by atoms with E-state index in [1.54, 1.807) is 0 Å². The van der Waals surface area contributed by atoms with Crippen molar-refractivity contribution >= 4 is 0 Å². The summed E-state index contributed by atoms with van der Waals surface area (Å²) < 4.78 is 0. The zero-order valence-corrected chi connectivity index (χ0v) is 11.1. The lowest BCUT2D eigenvalue weighted by atomic mass is 10.0. The van der Waals surface area contributed by atoms with Crippen LogP contribution < -0.4 is 5.32 Å². The highest BCUT2D eigenvalue weighted by Gasteiger charge is 2.30. The molecule has 0 spiro atoms. The van der Waals surface area contributed by atoms with Gasteiger partial charge in [0.15, 0.2) is 0 Å². The minimum Gasteiger partial charge on any atom is -0.314 e. The summed E-state index contributed by atoms with van der Waals surface area (Å²) in [7, 11) is 0. The molecule has 0 amide bonds. The van der Waals surface area contributed by atoms with Crippen LogP contribution in [0.5, 0.6) is 0 Å². The topological polar surface area (TPSA) is 24.9 Å². The molecule has 1 aliphatic carbocycles. The summed E-state index contributed by atoms with van der Waals surface area (Å²) in [5.74, 6) is 0.944. The van der Waals surface area contributed by atoms with Gasteiger partial charge in [0.05, 0.1) is 0 Å². The molecule has 1 aromatic rings. The van der Waals surface area contributed by atoms with Gasteiger partial charge in [-0.25, -0.2) is 0 Å². The number of aryl methyl sites for hydroxylation is 2. The Bertz CT molecular complexity index is 327. The van der Waals surface area contributed by atoms with E-state index in [9.17, 15) is 0 Å². The summed E-state index contributed by atoms with van der Waals surface area (Å²) in [5.41, 5.74) is 2.48. The average molecular weight is 232 g/mol. The lowest BCUT2D eigenvalue weighted by Gasteiger charge is -2.17. The maximum absolute atomic E-state index is 4.36. The number of nitrogens with one attached hydrogen (secondary N) is 1. The first-order valence-electron chi connectivity index (χ1n) is 6.94. The molecule has 0 radical (unpaired) electrons. The number of hydrogen-bond donors (Lipinski definition) is 1. The fourth-order valence-corrected chi connectivity index (χ4v) is 2.30. The summed E-state index contributed by atoms with van der Waals surface area (Å²) in [6, 6.07) is 5.06. The standard InChI is InChI=1S/C15H24N2/c1-3-10-16-15(14-7-8-14)9-6-13-5-4-12(2)17-11-13/h4-5,11,14-16H,3,6-10H2,1-2H3. The molecule has 1 aliphatic rings. The molecule has 1 unspecified atom stereocenters. The summed E-state index contributed by atoms with van der Waals surface area (Å²) in [6.45, 7) is 5.44. The van der Waals surface area contributed by atoms with Crippen molar-refractivity contribution in [2.75, 3.05) is 6.54 Å². The minimum atomic E-state index is 0.733. The molecule has 17 heavy (non-hydrogen) atoms. The third kappa shape index (κ3) is 4.12. The number of nitrogens with zero attached hydrogens (tertiary/aromatic N) is 1. The first-order chi connectivity index (χ1) is 8.29. The molecule has 2 rings (SSSR count). The highest BCUT2D eigenvalue weighted by molar-refractivity contribution is 5.13. The van der Waals surface area contributed by atoms with Gasteiger partial charge in [-0.2, -0.15) is 0 Å². The number of aromatic nitrogens is 1. The SMILES string of the molecule is CCCNC(CCc1ccc(C)nc1)C1CC1. The van der Waals surface area contributed by atoms with Gasteiger partial charge >= 0.3 is 0 Å². The Morgan fingerprint density at radius 2 is 2.24 bits per heavy atom. The van der Waals surface area contributed by atoms with Crippen LogP contribution >= 0.6 is 0 Å². The van der Waals surface area contributed by atoms with Crippen LogP contribution in [0.15, 0.2) is 18.3 Å². The predicted molar refractivity (Wildman–Crippen MR) is 72.1 cm³/mol. The van der Waals surface area contributed by atoms with E-state index in [4.69, 9.17) is 0 Å². The molecule has 1 saturated carbocycles. The Labute approximate surface area is 105 Å². The Hall–Kier alpha value is -0.890. The second-order valence-corrected chi connectivity index (χ2v) is 5.24. The van der Waals surface area contributed by atoms with E-state index in [1.165, 1.54) is 31.2 Å². The summed E-state index contributed by atoms with van der Waals surface area (Å²) in [5, 5.41) is 3.69. The zero-order chi connectivity index (χ0) is 12.1. The monoisotopic (exact) mass is 232 g/mol. The predicted octanol–water partition coefficient (Wildman–Crippen LogP) is 3.10. The number of hydrogen-bond acceptors (Lipinski definition) is 2. The maximum Gasteiger partial charge on any atom is 0.0372 e. The van der Waals surface area contributed by atoms with Crippen LogP contribution in [0.4, 0.5) is 0 Å². The molecule has 1 fully saturated rings. The molecule has 0 bridgehead atoms. The van der Waals surface area contributed by atoms with Crippen LogP contribution in [-0.4, -0.2) is 17.6 Å². The van der Waals surface area contributed by atoms with Gasteiger partial charge in [0, 0.05) is 17.9 Å². The smallest absolute Gasteiger partial charge is 0.0372 e. The summed E-state index contributed by atoms with van der Waals surface area (Å²) in [4.78, 5) is 4.36. The van der Waals surface area contributed by atoms with Crippen LogP contribution in [0, 0.1) is 12.8 Å². The highest BCUT2D eigenvalue weighted by Crippen LogP contribution is 2.34. The van der Waals surface area contributed by atoms with Crippen molar-refractivity contribution in [2.45, 2.75) is 52.0 Å². The van der Waals surface area contributed by atoms with Crippen LogP contribution in [-0.2, 0) is 6.42 Å². The van der Waals surface area contributed by atoms with E-state index in [0.717, 1.165) is 30.6 Å². The highest BCUT2D eigenvalue weighted by atomic mass is 14.9. The maximum atomic E-state index is 4.36. The third-order valence-electron chi connectivity index (χ3n) is 3.56. The molecular weight excluding hydrogens is 208 g/mol. The van der Waals surface area contributed by atoms with Gasteiger partial charge in [0.1, 0.15) is 0 Å². The van der Waals surface area contributed by atoms with Crippen LogP contribution in [0.25, 0.3) is 0 Å². The van der Waals surface area contributed by atoms with E-state index in [2.05, 4.69) is 29.4 Å². The molecule has 1 atom stereocenters. The van der Waals surface area contributed by atoms with E-state index >= 15 is 0 Å². The van der Waals surface area contributed by atoms with Gasteiger partial charge in [0.2, 0.25) is 0 Å². The zero-order valence-electron chi connectivity index (χ0n) is 11.1. The molecule has 2 nitrogen and oxygen atoms in total. The van der Waals surface area contributed by atoms with Gasteiger partial charge in [-0.05, 0) is 63.1 Å². The third-order valence-corrected chi connectivity index (χ3v) is 3.56. The van der Waals surface area contributed by atoms with Crippen LogP contribution in [0.3, 0.4) is 0 Å². The molecule has 1 aromatic heterocycles. The van der Waals surface area contributed by atoms with Gasteiger partial charge < -0.3 is 5.32 Å². The molecule has 94 valence electrons. The first-order valence-corrected chi connectivity index (χ1v) is 6.94. The summed E-state index contributed by atoms with van der Waals surface area (Å²) >= 11 is 0. The molecule has 0 saturated heterocycles. The largest absolute Gasteiger partial charge is 0.314 e. The van der Waals surface area contributed by atoms with Gasteiger partial charge in [0.25, 0.3) is 0 Å². The second-order valence-electron chi connectivity index (χ2n) is 5.24. The van der Waals surface area contributed by atoms with Crippen molar-refractivity contribution in [1.82, 2.24) is 10.3 Å². The van der Waals surface area contributed by atoms with E-state index in [1.807, 2.05) is 13.1 Å². The first kappa shape index (κ1) is 12.6. The Morgan fingerprint density at radius 3 is 2.82 bits per heavy atom. The quantitative estimate of drug-likeness (QED) is 0.781. The van der Waals surface area contributed by atoms with Gasteiger partial charge in [-0.1, -0.05) is 13.0 Å². The van der Waals surface area contributed by atoms with Crippen molar-refractivity contribution in [3.05, 3.63) is 29.6 Å². The molecule has 0 aliphatic heterocycles. The van der Waals surface area contributed by atoms with Crippen molar-refractivity contribution in [3.63, 3.8) is 0 Å². The summed E-state index contributed by atoms with van der Waals surface area (Å²) in [6.07, 6.45) is 8.52. The molecular formula is C15H24N2. The normalized spacial score (nSPS) is 17.1.